The van der Waals surface area contributed by atoms with Gasteiger partial charge < -0.3 is 24.8 Å². The number of anilines is 1. The highest BCUT2D eigenvalue weighted by molar-refractivity contribution is 6.34. The summed E-state index contributed by atoms with van der Waals surface area (Å²) in [5.41, 5.74) is 1.95. The normalized spacial score (nSPS) is 19.4. The van der Waals surface area contributed by atoms with Gasteiger partial charge in [-0.1, -0.05) is 17.7 Å². The molecule has 0 unspecified atom stereocenters. The Morgan fingerprint density at radius 3 is 2.76 bits per heavy atom. The van der Waals surface area contributed by atoms with E-state index in [-0.39, 0.29) is 30.6 Å². The number of ether oxygens (including phenoxy) is 3. The fourth-order valence-corrected chi connectivity index (χ4v) is 4.44. The van der Waals surface area contributed by atoms with Crippen LogP contribution < -0.4 is 24.8 Å². The van der Waals surface area contributed by atoms with Gasteiger partial charge in [-0.25, -0.2) is 0 Å². The van der Waals surface area contributed by atoms with Gasteiger partial charge in [0.05, 0.1) is 23.4 Å². The highest BCUT2D eigenvalue weighted by Gasteiger charge is 2.31. The van der Waals surface area contributed by atoms with Gasteiger partial charge in [-0.3, -0.25) is 14.5 Å². The molecule has 2 fully saturated rings. The first-order valence-corrected chi connectivity index (χ1v) is 11.5. The Labute approximate surface area is 197 Å². The predicted octanol–water partition coefficient (Wildman–Crippen LogP) is 3.43. The number of hydrogen-bond acceptors (Lipinski definition) is 6. The zero-order valence-corrected chi connectivity index (χ0v) is 19.1. The highest BCUT2D eigenvalue weighted by Crippen LogP contribution is 2.35. The molecule has 1 atom stereocenters. The molecule has 0 bridgehead atoms. The largest absolute Gasteiger partial charge is 0.496 e. The van der Waals surface area contributed by atoms with Gasteiger partial charge in [-0.05, 0) is 43.0 Å². The maximum absolute atomic E-state index is 13.0. The van der Waals surface area contributed by atoms with Crippen molar-refractivity contribution < 1.29 is 23.8 Å². The Balaban J connectivity index is 1.20. The molecule has 2 N–H and O–H groups in total. The number of likely N-dealkylation sites (tertiary alicyclic amines) is 1. The molecule has 2 aromatic rings. The number of methoxy groups -OCH3 is 1. The van der Waals surface area contributed by atoms with Crippen molar-refractivity contribution in [2.75, 3.05) is 32.3 Å². The minimum absolute atomic E-state index is 0.0178. The second kappa shape index (κ2) is 9.11. The third kappa shape index (κ3) is 4.86. The van der Waals surface area contributed by atoms with E-state index in [0.29, 0.717) is 22.0 Å². The van der Waals surface area contributed by atoms with E-state index in [1.165, 1.54) is 7.11 Å². The lowest BCUT2D eigenvalue weighted by Crippen LogP contribution is -2.37. The average Bonchev–Trinajstić information content (AvgIpc) is 3.41. The topological polar surface area (TPSA) is 89.1 Å². The molecule has 2 aliphatic heterocycles. The molecule has 1 saturated heterocycles. The lowest BCUT2D eigenvalue weighted by molar-refractivity contribution is -0.117. The number of amides is 2. The fraction of sp³-hybridized carbons (Fsp3) is 0.417. The zero-order chi connectivity index (χ0) is 22.9. The summed E-state index contributed by atoms with van der Waals surface area (Å²) >= 11 is 6.36. The monoisotopic (exact) mass is 471 g/mol. The van der Waals surface area contributed by atoms with Crippen LogP contribution in [0, 0.1) is 5.92 Å². The van der Waals surface area contributed by atoms with Crippen LogP contribution in [-0.4, -0.2) is 49.7 Å². The maximum atomic E-state index is 13.0. The number of nitrogens with one attached hydrogen (secondary N) is 2. The zero-order valence-electron chi connectivity index (χ0n) is 18.4. The van der Waals surface area contributed by atoms with Crippen LogP contribution in [0.15, 0.2) is 30.3 Å². The van der Waals surface area contributed by atoms with E-state index in [9.17, 15) is 9.59 Å². The summed E-state index contributed by atoms with van der Waals surface area (Å²) in [6.07, 6.45) is 2.64. The lowest BCUT2D eigenvalue weighted by atomic mass is 10.1. The Kier molecular flexibility index (Phi) is 6.03. The Morgan fingerprint density at radius 1 is 1.15 bits per heavy atom. The summed E-state index contributed by atoms with van der Waals surface area (Å²) in [5, 5.41) is 6.23. The number of carbonyl (C=O) groups excluding carboxylic acids is 2. The minimum atomic E-state index is -0.247. The number of carbonyl (C=O) groups is 2. The maximum Gasteiger partial charge on any atom is 0.255 e. The first kappa shape index (κ1) is 21.9. The molecule has 2 aromatic carbocycles. The van der Waals surface area contributed by atoms with Crippen LogP contribution in [0.25, 0.3) is 0 Å². The number of halogens is 1. The van der Waals surface area contributed by atoms with Crippen LogP contribution in [-0.2, 0) is 11.3 Å². The van der Waals surface area contributed by atoms with Crippen molar-refractivity contribution in [3.05, 3.63) is 46.5 Å². The summed E-state index contributed by atoms with van der Waals surface area (Å²) in [6, 6.07) is 9.15. The van der Waals surface area contributed by atoms with E-state index in [0.717, 1.165) is 56.0 Å². The van der Waals surface area contributed by atoms with Gasteiger partial charge in [0.15, 0.2) is 11.5 Å². The second-order valence-electron chi connectivity index (χ2n) is 8.68. The van der Waals surface area contributed by atoms with E-state index in [1.807, 2.05) is 18.2 Å². The van der Waals surface area contributed by atoms with Crippen LogP contribution in [0.1, 0.15) is 35.2 Å². The Hall–Kier alpha value is -2.97. The molecule has 0 spiro atoms. The van der Waals surface area contributed by atoms with E-state index in [1.54, 1.807) is 12.1 Å². The standard InChI is InChI=1S/C24H26ClN3O5/c1-31-21-10-19(27-23(29)15-3-4-15)18(25)9-17(21)24(30)26-16-6-7-28(12-16)11-14-2-5-20-22(8-14)33-13-32-20/h2,5,8-10,15-16H,3-4,6-7,11-13H2,1H3,(H,26,30)(H,27,29)/t16-/m0/s1. The number of nitrogens with zero attached hydrogens (tertiary/aromatic N) is 1. The highest BCUT2D eigenvalue weighted by atomic mass is 35.5. The molecule has 9 heteroatoms. The molecular weight excluding hydrogens is 446 g/mol. The number of rotatable bonds is 7. The molecular formula is C24H26ClN3O5. The second-order valence-corrected chi connectivity index (χ2v) is 9.08. The third-order valence-corrected chi connectivity index (χ3v) is 6.50. The van der Waals surface area contributed by atoms with Gasteiger partial charge in [-0.15, -0.1) is 0 Å². The van der Waals surface area contributed by atoms with Crippen molar-refractivity contribution in [2.24, 2.45) is 5.92 Å². The van der Waals surface area contributed by atoms with Gasteiger partial charge in [0.25, 0.3) is 5.91 Å². The molecule has 1 saturated carbocycles. The summed E-state index contributed by atoms with van der Waals surface area (Å²) < 4.78 is 16.2. The summed E-state index contributed by atoms with van der Waals surface area (Å²) in [4.78, 5) is 27.4. The van der Waals surface area contributed by atoms with Crippen LogP contribution in [0.4, 0.5) is 5.69 Å². The number of hydrogen-bond donors (Lipinski definition) is 2. The quantitative estimate of drug-likeness (QED) is 0.643. The molecule has 0 aromatic heterocycles. The van der Waals surface area contributed by atoms with Gasteiger partial charge in [0, 0.05) is 37.7 Å². The van der Waals surface area contributed by atoms with Crippen LogP contribution in [0.3, 0.4) is 0 Å². The van der Waals surface area contributed by atoms with E-state index in [2.05, 4.69) is 15.5 Å². The SMILES string of the molecule is COc1cc(NC(=O)C2CC2)c(Cl)cc1C(=O)N[C@H]1CCN(Cc2ccc3c(c2)OCO3)C1. The molecule has 33 heavy (non-hydrogen) atoms. The Bertz CT molecular complexity index is 1090. The molecule has 174 valence electrons. The number of benzene rings is 2. The van der Waals surface area contributed by atoms with Gasteiger partial charge >= 0.3 is 0 Å². The average molecular weight is 472 g/mol. The van der Waals surface area contributed by atoms with Crippen LogP contribution in [0.5, 0.6) is 17.2 Å². The minimum Gasteiger partial charge on any atom is -0.496 e. The molecule has 2 amide bonds. The van der Waals surface area contributed by atoms with Crippen molar-refractivity contribution in [3.8, 4) is 17.2 Å². The van der Waals surface area contributed by atoms with Crippen LogP contribution in [0.2, 0.25) is 5.02 Å². The van der Waals surface area contributed by atoms with Crippen molar-refractivity contribution >= 4 is 29.1 Å². The summed E-state index contributed by atoms with van der Waals surface area (Å²) in [6.45, 7) is 2.65. The molecule has 3 aliphatic rings. The first-order valence-electron chi connectivity index (χ1n) is 11.1. The van der Waals surface area contributed by atoms with E-state index in [4.69, 9.17) is 25.8 Å². The van der Waals surface area contributed by atoms with Gasteiger partial charge in [0.2, 0.25) is 12.7 Å². The number of fused-ring (bicyclic) bond motifs is 1. The fourth-order valence-electron chi connectivity index (χ4n) is 4.23. The van der Waals surface area contributed by atoms with Crippen LogP contribution >= 0.6 is 11.6 Å². The lowest BCUT2D eigenvalue weighted by Gasteiger charge is -2.18. The van der Waals surface area contributed by atoms with Crippen molar-refractivity contribution in [2.45, 2.75) is 31.8 Å². The van der Waals surface area contributed by atoms with Crippen molar-refractivity contribution in [1.82, 2.24) is 10.2 Å². The Morgan fingerprint density at radius 2 is 1.97 bits per heavy atom. The molecule has 0 radical (unpaired) electrons. The summed E-state index contributed by atoms with van der Waals surface area (Å²) in [7, 11) is 1.50. The molecule has 2 heterocycles. The van der Waals surface area contributed by atoms with Crippen molar-refractivity contribution in [1.29, 1.82) is 0 Å². The van der Waals surface area contributed by atoms with E-state index >= 15 is 0 Å². The summed E-state index contributed by atoms with van der Waals surface area (Å²) in [5.74, 6) is 1.68. The van der Waals surface area contributed by atoms with Gasteiger partial charge in [0.1, 0.15) is 5.75 Å². The van der Waals surface area contributed by atoms with Gasteiger partial charge in [-0.2, -0.15) is 0 Å². The molecule has 8 nitrogen and oxygen atoms in total. The van der Waals surface area contributed by atoms with Crippen molar-refractivity contribution in [3.63, 3.8) is 0 Å². The predicted molar refractivity (Wildman–Crippen MR) is 123 cm³/mol. The van der Waals surface area contributed by atoms with E-state index < -0.39 is 0 Å². The first-order chi connectivity index (χ1) is 16.0. The smallest absolute Gasteiger partial charge is 0.255 e. The third-order valence-electron chi connectivity index (χ3n) is 6.19. The molecule has 1 aliphatic carbocycles. The molecule has 5 rings (SSSR count).